The molecule has 1 saturated heterocycles. The Balaban J connectivity index is 1.91. The van der Waals surface area contributed by atoms with Gasteiger partial charge in [-0.05, 0) is 13.8 Å². The van der Waals surface area contributed by atoms with Crippen LogP contribution in [0.3, 0.4) is 0 Å². The predicted octanol–water partition coefficient (Wildman–Crippen LogP) is 0.858. The minimum atomic E-state index is 0.0292. The van der Waals surface area contributed by atoms with E-state index in [2.05, 4.69) is 22.1 Å². The van der Waals surface area contributed by atoms with Gasteiger partial charge in [0.2, 0.25) is 0 Å². The second kappa shape index (κ2) is 5.03. The molecule has 0 spiro atoms. The van der Waals surface area contributed by atoms with Crippen LogP contribution in [0.1, 0.15) is 18.3 Å². The lowest BCUT2D eigenvalue weighted by molar-refractivity contribution is 0.164. The molecule has 1 atom stereocenters. The lowest BCUT2D eigenvalue weighted by Gasteiger charge is -2.33. The Morgan fingerprint density at radius 2 is 2.42 bits per heavy atom. The van der Waals surface area contributed by atoms with Gasteiger partial charge in [-0.2, -0.15) is 0 Å². The van der Waals surface area contributed by atoms with E-state index in [4.69, 9.17) is 0 Å². The van der Waals surface area contributed by atoms with E-state index in [-0.39, 0.29) is 5.56 Å². The van der Waals surface area contributed by atoms with Gasteiger partial charge < -0.3 is 5.32 Å². The van der Waals surface area contributed by atoms with Gasteiger partial charge in [-0.15, -0.1) is 11.3 Å². The maximum Gasteiger partial charge on any atom is 0.259 e. The summed E-state index contributed by atoms with van der Waals surface area (Å²) in [6, 6.07) is 2.15. The highest BCUT2D eigenvalue weighted by atomic mass is 32.1. The zero-order valence-electron chi connectivity index (χ0n) is 11.2. The zero-order valence-corrected chi connectivity index (χ0v) is 12.0. The van der Waals surface area contributed by atoms with E-state index in [0.29, 0.717) is 6.04 Å². The summed E-state index contributed by atoms with van der Waals surface area (Å²) < 4.78 is 1.68. The minimum absolute atomic E-state index is 0.0292. The molecule has 5 nitrogen and oxygen atoms in total. The van der Waals surface area contributed by atoms with Crippen molar-refractivity contribution in [1.82, 2.24) is 19.6 Å². The molecule has 0 saturated carbocycles. The molecular weight excluding hydrogens is 260 g/mol. The Bertz CT molecular complexity index is 648. The van der Waals surface area contributed by atoms with Crippen LogP contribution in [0.25, 0.3) is 4.96 Å². The smallest absolute Gasteiger partial charge is 0.259 e. The molecule has 1 fully saturated rings. The molecule has 3 rings (SSSR count). The molecule has 0 radical (unpaired) electrons. The summed E-state index contributed by atoms with van der Waals surface area (Å²) in [7, 11) is 0. The summed E-state index contributed by atoms with van der Waals surface area (Å²) in [6.07, 6.45) is 0. The van der Waals surface area contributed by atoms with E-state index in [1.54, 1.807) is 10.5 Å². The second-order valence-electron chi connectivity index (χ2n) is 5.10. The van der Waals surface area contributed by atoms with Crippen molar-refractivity contribution >= 4 is 16.3 Å². The molecule has 1 aliphatic rings. The molecular formula is C13H18N4OS. The fraction of sp³-hybridized carbons (Fsp3) is 0.538. The molecule has 3 heterocycles. The molecule has 1 N–H and O–H groups in total. The Morgan fingerprint density at radius 3 is 3.21 bits per heavy atom. The van der Waals surface area contributed by atoms with Crippen molar-refractivity contribution in [3.63, 3.8) is 0 Å². The van der Waals surface area contributed by atoms with Crippen LogP contribution in [-0.4, -0.2) is 40.0 Å². The first-order valence-corrected chi connectivity index (χ1v) is 7.44. The fourth-order valence-corrected chi connectivity index (χ4v) is 3.40. The van der Waals surface area contributed by atoms with E-state index >= 15 is 0 Å². The van der Waals surface area contributed by atoms with Gasteiger partial charge in [-0.1, -0.05) is 0 Å². The third kappa shape index (κ3) is 2.43. The normalized spacial score (nSPS) is 21.1. The highest BCUT2D eigenvalue weighted by molar-refractivity contribution is 7.15. The van der Waals surface area contributed by atoms with E-state index in [1.165, 1.54) is 11.3 Å². The Labute approximate surface area is 115 Å². The number of aromatic nitrogens is 2. The topological polar surface area (TPSA) is 49.6 Å². The molecule has 0 aromatic carbocycles. The Morgan fingerprint density at radius 1 is 1.58 bits per heavy atom. The number of nitrogens with zero attached hydrogens (tertiary/aromatic N) is 3. The number of hydrogen-bond donors (Lipinski definition) is 1. The van der Waals surface area contributed by atoms with Gasteiger partial charge in [0, 0.05) is 49.4 Å². The highest BCUT2D eigenvalue weighted by Gasteiger charge is 2.19. The van der Waals surface area contributed by atoms with Gasteiger partial charge in [0.15, 0.2) is 4.96 Å². The monoisotopic (exact) mass is 278 g/mol. The van der Waals surface area contributed by atoms with Crippen LogP contribution in [-0.2, 0) is 6.54 Å². The Hall–Kier alpha value is -1.24. The van der Waals surface area contributed by atoms with E-state index in [9.17, 15) is 4.79 Å². The van der Waals surface area contributed by atoms with Crippen LogP contribution >= 0.6 is 11.3 Å². The summed E-state index contributed by atoms with van der Waals surface area (Å²) in [5.41, 5.74) is 1.86. The average Bonchev–Trinajstić information content (AvgIpc) is 2.74. The number of piperazine rings is 1. The van der Waals surface area contributed by atoms with Crippen LogP contribution in [0, 0.1) is 6.92 Å². The van der Waals surface area contributed by atoms with Crippen molar-refractivity contribution in [2.75, 3.05) is 19.6 Å². The van der Waals surface area contributed by atoms with Gasteiger partial charge in [-0.3, -0.25) is 14.1 Å². The van der Waals surface area contributed by atoms with Crippen LogP contribution in [0.4, 0.5) is 0 Å². The third-order valence-electron chi connectivity index (χ3n) is 3.63. The molecule has 0 amide bonds. The first-order valence-electron chi connectivity index (χ1n) is 6.56. The van der Waals surface area contributed by atoms with Gasteiger partial charge in [0.1, 0.15) is 0 Å². The van der Waals surface area contributed by atoms with E-state index in [0.717, 1.165) is 42.5 Å². The van der Waals surface area contributed by atoms with Gasteiger partial charge >= 0.3 is 0 Å². The molecule has 2 aromatic rings. The van der Waals surface area contributed by atoms with Crippen molar-refractivity contribution in [3.8, 4) is 0 Å². The summed E-state index contributed by atoms with van der Waals surface area (Å²) in [4.78, 5) is 19.9. The first-order chi connectivity index (χ1) is 9.15. The van der Waals surface area contributed by atoms with Crippen molar-refractivity contribution in [2.45, 2.75) is 26.4 Å². The van der Waals surface area contributed by atoms with Gasteiger partial charge in [-0.25, -0.2) is 4.98 Å². The number of thiazole rings is 1. The molecule has 0 bridgehead atoms. The van der Waals surface area contributed by atoms with Crippen molar-refractivity contribution in [3.05, 3.63) is 33.2 Å². The number of rotatable bonds is 2. The summed E-state index contributed by atoms with van der Waals surface area (Å²) in [5, 5.41) is 5.34. The summed E-state index contributed by atoms with van der Waals surface area (Å²) >= 11 is 1.53. The van der Waals surface area contributed by atoms with Gasteiger partial charge in [0.25, 0.3) is 5.56 Å². The van der Waals surface area contributed by atoms with Crippen LogP contribution < -0.4 is 10.9 Å². The molecule has 0 aliphatic carbocycles. The number of aryl methyl sites for hydroxylation is 1. The maximum absolute atomic E-state index is 12.1. The molecule has 1 unspecified atom stereocenters. The SMILES string of the molecule is Cc1csc2nc(CN3CCNCC3C)cc(=O)n12. The number of hydrogen-bond acceptors (Lipinski definition) is 5. The molecule has 19 heavy (non-hydrogen) atoms. The lowest BCUT2D eigenvalue weighted by atomic mass is 10.2. The van der Waals surface area contributed by atoms with Crippen molar-refractivity contribution in [2.24, 2.45) is 0 Å². The zero-order chi connectivity index (χ0) is 13.4. The Kier molecular flexibility index (Phi) is 3.38. The first kappa shape index (κ1) is 12.8. The maximum atomic E-state index is 12.1. The van der Waals surface area contributed by atoms with Crippen molar-refractivity contribution in [1.29, 1.82) is 0 Å². The number of fused-ring (bicyclic) bond motifs is 1. The van der Waals surface area contributed by atoms with Gasteiger partial charge in [0.05, 0.1) is 5.69 Å². The summed E-state index contributed by atoms with van der Waals surface area (Å²) in [5.74, 6) is 0. The number of nitrogens with one attached hydrogen (secondary N) is 1. The van der Waals surface area contributed by atoms with Crippen LogP contribution in [0.2, 0.25) is 0 Å². The molecule has 6 heteroatoms. The van der Waals surface area contributed by atoms with E-state index in [1.807, 2.05) is 12.3 Å². The predicted molar refractivity (Wildman–Crippen MR) is 76.8 cm³/mol. The lowest BCUT2D eigenvalue weighted by Crippen LogP contribution is -2.49. The molecule has 1 aliphatic heterocycles. The van der Waals surface area contributed by atoms with Crippen LogP contribution in [0.15, 0.2) is 16.2 Å². The molecule has 2 aromatic heterocycles. The highest BCUT2D eigenvalue weighted by Crippen LogP contribution is 2.13. The van der Waals surface area contributed by atoms with Crippen LogP contribution in [0.5, 0.6) is 0 Å². The largest absolute Gasteiger partial charge is 0.314 e. The fourth-order valence-electron chi connectivity index (χ4n) is 2.51. The standard InChI is InChI=1S/C13H18N4OS/c1-9-6-14-3-4-16(9)7-11-5-12(18)17-10(2)8-19-13(17)15-11/h5,8-9,14H,3-4,6-7H2,1-2H3. The van der Waals surface area contributed by atoms with Crippen molar-refractivity contribution < 1.29 is 0 Å². The quantitative estimate of drug-likeness (QED) is 0.885. The third-order valence-corrected chi connectivity index (χ3v) is 4.58. The minimum Gasteiger partial charge on any atom is -0.314 e. The summed E-state index contributed by atoms with van der Waals surface area (Å²) in [6.45, 7) is 7.90. The molecule has 102 valence electrons. The second-order valence-corrected chi connectivity index (χ2v) is 5.94. The van der Waals surface area contributed by atoms with E-state index < -0.39 is 0 Å². The average molecular weight is 278 g/mol.